The number of anilines is 1. The van der Waals surface area contributed by atoms with E-state index in [1.807, 2.05) is 17.9 Å². The Kier molecular flexibility index (Phi) is 4.76. The van der Waals surface area contributed by atoms with E-state index in [1.54, 1.807) is 6.20 Å². The minimum atomic E-state index is -0.595. The van der Waals surface area contributed by atoms with Crippen molar-refractivity contribution < 1.29 is 8.78 Å². The first-order valence-electron chi connectivity index (χ1n) is 7.68. The van der Waals surface area contributed by atoms with Gasteiger partial charge in [0.2, 0.25) is 5.95 Å². The molecule has 0 aliphatic carbocycles. The molecule has 23 heavy (non-hydrogen) atoms. The first-order valence-corrected chi connectivity index (χ1v) is 7.68. The summed E-state index contributed by atoms with van der Waals surface area (Å²) in [6.07, 6.45) is 5.76. The Morgan fingerprint density at radius 3 is 2.83 bits per heavy atom. The molecule has 1 N–H and O–H groups in total. The zero-order valence-corrected chi connectivity index (χ0v) is 13.0. The second-order valence-corrected chi connectivity index (χ2v) is 5.82. The number of piperidine rings is 1. The number of rotatable bonds is 4. The summed E-state index contributed by atoms with van der Waals surface area (Å²) in [7, 11) is 0. The van der Waals surface area contributed by atoms with Crippen LogP contribution in [0.2, 0.25) is 0 Å². The van der Waals surface area contributed by atoms with Gasteiger partial charge in [-0.3, -0.25) is 9.88 Å². The molecule has 3 heterocycles. The summed E-state index contributed by atoms with van der Waals surface area (Å²) in [5, 5.41) is 3.30. The Bertz CT molecular complexity index is 659. The highest BCUT2D eigenvalue weighted by atomic mass is 19.1. The highest BCUT2D eigenvalue weighted by molar-refractivity contribution is 5.27. The molecule has 0 radical (unpaired) electrons. The predicted octanol–water partition coefficient (Wildman–Crippen LogP) is 2.53. The zero-order chi connectivity index (χ0) is 16.2. The fraction of sp³-hybridized carbons (Fsp3) is 0.438. The maximum atomic E-state index is 13.7. The third-order valence-electron chi connectivity index (χ3n) is 3.97. The molecular formula is C16H19F2N5. The van der Waals surface area contributed by atoms with E-state index >= 15 is 0 Å². The summed E-state index contributed by atoms with van der Waals surface area (Å²) in [4.78, 5) is 14.1. The number of aryl methyl sites for hydroxylation is 1. The molecule has 1 fully saturated rings. The van der Waals surface area contributed by atoms with Gasteiger partial charge in [-0.15, -0.1) is 0 Å². The van der Waals surface area contributed by atoms with E-state index in [2.05, 4.69) is 20.3 Å². The fourth-order valence-corrected chi connectivity index (χ4v) is 2.83. The van der Waals surface area contributed by atoms with Crippen LogP contribution in [0, 0.1) is 18.6 Å². The van der Waals surface area contributed by atoms with Crippen LogP contribution < -0.4 is 5.32 Å². The molecule has 2 aromatic rings. The molecule has 3 rings (SSSR count). The summed E-state index contributed by atoms with van der Waals surface area (Å²) >= 11 is 0. The summed E-state index contributed by atoms with van der Waals surface area (Å²) in [6, 6.07) is 2.01. The van der Waals surface area contributed by atoms with E-state index < -0.39 is 11.6 Å². The van der Waals surface area contributed by atoms with Crippen LogP contribution in [0.15, 0.2) is 24.7 Å². The van der Waals surface area contributed by atoms with Crippen molar-refractivity contribution in [1.29, 1.82) is 0 Å². The van der Waals surface area contributed by atoms with Crippen LogP contribution in [0.4, 0.5) is 14.7 Å². The number of likely N-dealkylation sites (tertiary alicyclic amines) is 1. The van der Waals surface area contributed by atoms with Crippen molar-refractivity contribution >= 4 is 5.95 Å². The maximum Gasteiger partial charge on any atom is 0.223 e. The molecule has 1 atom stereocenters. The molecule has 7 heteroatoms. The first kappa shape index (κ1) is 15.7. The van der Waals surface area contributed by atoms with Gasteiger partial charge in [0.25, 0.3) is 0 Å². The molecule has 0 amide bonds. The lowest BCUT2D eigenvalue weighted by Gasteiger charge is -2.33. The van der Waals surface area contributed by atoms with Crippen LogP contribution in [-0.4, -0.2) is 39.0 Å². The second-order valence-electron chi connectivity index (χ2n) is 5.82. The molecular weight excluding hydrogens is 300 g/mol. The van der Waals surface area contributed by atoms with Crippen LogP contribution in [-0.2, 0) is 6.54 Å². The van der Waals surface area contributed by atoms with Crippen molar-refractivity contribution in [2.45, 2.75) is 32.4 Å². The van der Waals surface area contributed by atoms with Crippen molar-refractivity contribution in [1.82, 2.24) is 19.9 Å². The molecule has 1 aliphatic rings. The highest BCUT2D eigenvalue weighted by Gasteiger charge is 2.22. The quantitative estimate of drug-likeness (QED) is 0.938. The van der Waals surface area contributed by atoms with Gasteiger partial charge in [-0.2, -0.15) is 0 Å². The SMILES string of the molecule is Cc1ccnc(NC2CCCN(Cc3c(F)cncc3F)C2)n1. The van der Waals surface area contributed by atoms with E-state index in [0.29, 0.717) is 12.5 Å². The molecule has 1 saturated heterocycles. The lowest BCUT2D eigenvalue weighted by molar-refractivity contribution is 0.203. The van der Waals surface area contributed by atoms with Crippen LogP contribution in [0.5, 0.6) is 0 Å². The second kappa shape index (κ2) is 6.95. The van der Waals surface area contributed by atoms with Gasteiger partial charge < -0.3 is 5.32 Å². The van der Waals surface area contributed by atoms with Crippen molar-refractivity contribution in [2.75, 3.05) is 18.4 Å². The standard InChI is InChI=1S/C16H19F2N5/c1-11-4-5-20-16(21-11)22-12-3-2-6-23(9-12)10-13-14(17)7-19-8-15(13)18/h4-5,7-8,12H,2-3,6,9-10H2,1H3,(H,20,21,22). The van der Waals surface area contributed by atoms with E-state index in [-0.39, 0.29) is 18.2 Å². The molecule has 0 saturated carbocycles. The Hall–Kier alpha value is -2.15. The Balaban J connectivity index is 1.64. The van der Waals surface area contributed by atoms with Gasteiger partial charge in [0.05, 0.1) is 12.4 Å². The summed E-state index contributed by atoms with van der Waals surface area (Å²) in [6.45, 7) is 3.66. The average Bonchev–Trinajstić information content (AvgIpc) is 2.52. The van der Waals surface area contributed by atoms with Gasteiger partial charge in [0.15, 0.2) is 0 Å². The van der Waals surface area contributed by atoms with Crippen molar-refractivity contribution in [3.05, 3.63) is 47.5 Å². The Morgan fingerprint density at radius 2 is 2.09 bits per heavy atom. The molecule has 5 nitrogen and oxygen atoms in total. The minimum Gasteiger partial charge on any atom is -0.350 e. The number of nitrogens with one attached hydrogen (secondary N) is 1. The molecule has 2 aromatic heterocycles. The normalized spacial score (nSPS) is 18.8. The third kappa shape index (κ3) is 3.98. The summed E-state index contributed by atoms with van der Waals surface area (Å²) < 4.78 is 27.5. The summed E-state index contributed by atoms with van der Waals surface area (Å²) in [5.41, 5.74) is 0.976. The molecule has 0 spiro atoms. The van der Waals surface area contributed by atoms with Crippen molar-refractivity contribution in [3.8, 4) is 0 Å². The topological polar surface area (TPSA) is 53.9 Å². The summed E-state index contributed by atoms with van der Waals surface area (Å²) in [5.74, 6) is -0.595. The lowest BCUT2D eigenvalue weighted by Crippen LogP contribution is -2.42. The molecule has 0 bridgehead atoms. The van der Waals surface area contributed by atoms with Crippen LogP contribution in [0.1, 0.15) is 24.1 Å². The lowest BCUT2D eigenvalue weighted by atomic mass is 10.0. The minimum absolute atomic E-state index is 0.0763. The number of nitrogens with zero attached hydrogens (tertiary/aromatic N) is 4. The average molecular weight is 319 g/mol. The number of pyridine rings is 1. The first-order chi connectivity index (χ1) is 11.1. The van der Waals surface area contributed by atoms with Crippen molar-refractivity contribution in [2.24, 2.45) is 0 Å². The zero-order valence-electron chi connectivity index (χ0n) is 13.0. The fourth-order valence-electron chi connectivity index (χ4n) is 2.83. The van der Waals surface area contributed by atoms with E-state index in [1.165, 1.54) is 0 Å². The Labute approximate surface area is 133 Å². The number of hydrogen-bond donors (Lipinski definition) is 1. The van der Waals surface area contributed by atoms with Gasteiger partial charge >= 0.3 is 0 Å². The van der Waals surface area contributed by atoms with Gasteiger partial charge in [-0.25, -0.2) is 18.7 Å². The van der Waals surface area contributed by atoms with E-state index in [0.717, 1.165) is 37.5 Å². The molecule has 1 aliphatic heterocycles. The van der Waals surface area contributed by atoms with E-state index in [9.17, 15) is 8.78 Å². The number of halogens is 2. The van der Waals surface area contributed by atoms with Gasteiger partial charge in [-0.05, 0) is 32.4 Å². The van der Waals surface area contributed by atoms with Crippen molar-refractivity contribution in [3.63, 3.8) is 0 Å². The van der Waals surface area contributed by atoms with E-state index in [4.69, 9.17) is 0 Å². The smallest absolute Gasteiger partial charge is 0.223 e. The van der Waals surface area contributed by atoms with Crippen LogP contribution >= 0.6 is 0 Å². The largest absolute Gasteiger partial charge is 0.350 e. The molecule has 122 valence electrons. The maximum absolute atomic E-state index is 13.7. The monoisotopic (exact) mass is 319 g/mol. The van der Waals surface area contributed by atoms with Gasteiger partial charge in [0, 0.05) is 36.6 Å². The molecule has 0 aromatic carbocycles. The van der Waals surface area contributed by atoms with Gasteiger partial charge in [-0.1, -0.05) is 0 Å². The highest BCUT2D eigenvalue weighted by Crippen LogP contribution is 2.19. The van der Waals surface area contributed by atoms with Crippen LogP contribution in [0.3, 0.4) is 0 Å². The molecule has 1 unspecified atom stereocenters. The Morgan fingerprint density at radius 1 is 1.30 bits per heavy atom. The van der Waals surface area contributed by atoms with Gasteiger partial charge in [0.1, 0.15) is 11.6 Å². The number of hydrogen-bond acceptors (Lipinski definition) is 5. The van der Waals surface area contributed by atoms with Crippen LogP contribution in [0.25, 0.3) is 0 Å². The predicted molar refractivity (Wildman–Crippen MR) is 82.8 cm³/mol. The number of aromatic nitrogens is 3. The third-order valence-corrected chi connectivity index (χ3v) is 3.97.